The lowest BCUT2D eigenvalue weighted by molar-refractivity contribution is -0.154. The number of hydrogen-bond donors (Lipinski definition) is 1. The van der Waals surface area contributed by atoms with E-state index in [0.29, 0.717) is 5.92 Å². The third-order valence-electron chi connectivity index (χ3n) is 2.67. The summed E-state index contributed by atoms with van der Waals surface area (Å²) in [6, 6.07) is 0. The first kappa shape index (κ1) is 8.48. The molecule has 1 saturated heterocycles. The molecular weight excluding hydrogens is 156 g/mol. The molecule has 0 aromatic heterocycles. The summed E-state index contributed by atoms with van der Waals surface area (Å²) in [5, 5.41) is 8.94. The van der Waals surface area contributed by atoms with Gasteiger partial charge in [-0.3, -0.25) is 0 Å². The van der Waals surface area contributed by atoms with Crippen molar-refractivity contribution < 1.29 is 14.6 Å². The predicted molar refractivity (Wildman–Crippen MR) is 43.6 cm³/mol. The smallest absolute Gasteiger partial charge is 0.163 e. The lowest BCUT2D eigenvalue weighted by atomic mass is 10.1. The van der Waals surface area contributed by atoms with Crippen LogP contribution in [0.15, 0.2) is 0 Å². The fourth-order valence-corrected chi connectivity index (χ4v) is 2.21. The quantitative estimate of drug-likeness (QED) is 0.639. The standard InChI is InChI=1S/C9H16O3/c1-9(2)11-7-3-6(5-10)4-8(7)12-9/h6-8,10H,3-5H2,1-2H3/t7-,8-/m0/s1. The molecule has 2 rings (SSSR count). The minimum Gasteiger partial charge on any atom is -0.396 e. The molecule has 1 heterocycles. The maximum atomic E-state index is 8.94. The number of fused-ring (bicyclic) bond motifs is 1. The van der Waals surface area contributed by atoms with E-state index in [9.17, 15) is 0 Å². The van der Waals surface area contributed by atoms with Gasteiger partial charge in [0.15, 0.2) is 5.79 Å². The average Bonchev–Trinajstić information content (AvgIpc) is 2.40. The third kappa shape index (κ3) is 1.37. The van der Waals surface area contributed by atoms with Gasteiger partial charge in [-0.2, -0.15) is 0 Å². The minimum absolute atomic E-state index is 0.220. The molecule has 1 aliphatic heterocycles. The Hall–Kier alpha value is -0.120. The molecule has 0 spiro atoms. The van der Waals surface area contributed by atoms with Crippen molar-refractivity contribution in [2.75, 3.05) is 6.61 Å². The Kier molecular flexibility index (Phi) is 1.90. The fraction of sp³-hybridized carbons (Fsp3) is 1.00. The molecule has 0 bridgehead atoms. The van der Waals surface area contributed by atoms with Crippen molar-refractivity contribution in [2.24, 2.45) is 5.92 Å². The third-order valence-corrected chi connectivity index (χ3v) is 2.67. The molecule has 3 heteroatoms. The van der Waals surface area contributed by atoms with E-state index in [-0.39, 0.29) is 18.8 Å². The van der Waals surface area contributed by atoms with Crippen LogP contribution in [0.3, 0.4) is 0 Å². The van der Waals surface area contributed by atoms with Crippen molar-refractivity contribution >= 4 is 0 Å². The second-order valence-electron chi connectivity index (χ2n) is 4.23. The molecular formula is C9H16O3. The summed E-state index contributed by atoms with van der Waals surface area (Å²) in [5.74, 6) is -0.0217. The molecule has 2 aliphatic rings. The monoisotopic (exact) mass is 172 g/mol. The summed E-state index contributed by atoms with van der Waals surface area (Å²) in [5.41, 5.74) is 0. The van der Waals surface area contributed by atoms with Gasteiger partial charge in [0.05, 0.1) is 12.2 Å². The topological polar surface area (TPSA) is 38.7 Å². The summed E-state index contributed by atoms with van der Waals surface area (Å²) in [6.07, 6.45) is 2.34. The van der Waals surface area contributed by atoms with Crippen LogP contribution >= 0.6 is 0 Å². The van der Waals surface area contributed by atoms with Crippen LogP contribution < -0.4 is 0 Å². The Morgan fingerprint density at radius 1 is 1.25 bits per heavy atom. The molecule has 1 saturated carbocycles. The summed E-state index contributed by atoms with van der Waals surface area (Å²) in [4.78, 5) is 0. The van der Waals surface area contributed by atoms with Gasteiger partial charge in [0.2, 0.25) is 0 Å². The number of hydrogen-bond acceptors (Lipinski definition) is 3. The lowest BCUT2D eigenvalue weighted by Gasteiger charge is -2.19. The van der Waals surface area contributed by atoms with E-state index in [1.165, 1.54) is 0 Å². The maximum Gasteiger partial charge on any atom is 0.163 e. The predicted octanol–water partition coefficient (Wildman–Crippen LogP) is 0.909. The van der Waals surface area contributed by atoms with Gasteiger partial charge in [0, 0.05) is 6.61 Å². The van der Waals surface area contributed by atoms with E-state index in [2.05, 4.69) is 0 Å². The summed E-state index contributed by atoms with van der Waals surface area (Å²) in [7, 11) is 0. The number of ether oxygens (including phenoxy) is 2. The van der Waals surface area contributed by atoms with Gasteiger partial charge in [-0.25, -0.2) is 0 Å². The molecule has 0 unspecified atom stereocenters. The van der Waals surface area contributed by atoms with Crippen molar-refractivity contribution in [3.8, 4) is 0 Å². The highest BCUT2D eigenvalue weighted by Crippen LogP contribution is 2.40. The lowest BCUT2D eigenvalue weighted by Crippen LogP contribution is -2.23. The maximum absolute atomic E-state index is 8.94. The van der Waals surface area contributed by atoms with Gasteiger partial charge in [-0.15, -0.1) is 0 Å². The van der Waals surface area contributed by atoms with E-state index in [0.717, 1.165) is 12.8 Å². The zero-order valence-corrected chi connectivity index (χ0v) is 7.62. The average molecular weight is 172 g/mol. The SMILES string of the molecule is CC1(C)O[C@H]2CC(CO)C[C@@H]2O1. The van der Waals surface area contributed by atoms with Crippen LogP contribution in [0.2, 0.25) is 0 Å². The van der Waals surface area contributed by atoms with Crippen molar-refractivity contribution in [1.29, 1.82) is 0 Å². The van der Waals surface area contributed by atoms with Crippen LogP contribution in [0.25, 0.3) is 0 Å². The Morgan fingerprint density at radius 2 is 1.75 bits per heavy atom. The second-order valence-corrected chi connectivity index (χ2v) is 4.23. The molecule has 0 aromatic carbocycles. The first-order valence-electron chi connectivity index (χ1n) is 4.57. The van der Waals surface area contributed by atoms with Crippen molar-refractivity contribution in [1.82, 2.24) is 0 Å². The molecule has 1 N–H and O–H groups in total. The van der Waals surface area contributed by atoms with Crippen molar-refractivity contribution in [2.45, 2.75) is 44.7 Å². The van der Waals surface area contributed by atoms with Crippen molar-refractivity contribution in [3.63, 3.8) is 0 Å². The Bertz CT molecular complexity index is 163. The summed E-state index contributed by atoms with van der Waals surface area (Å²) >= 11 is 0. The second kappa shape index (κ2) is 2.69. The Morgan fingerprint density at radius 3 is 2.17 bits per heavy atom. The molecule has 3 nitrogen and oxygen atoms in total. The molecule has 0 amide bonds. The van der Waals surface area contributed by atoms with Crippen molar-refractivity contribution in [3.05, 3.63) is 0 Å². The highest BCUT2D eigenvalue weighted by Gasteiger charge is 2.46. The van der Waals surface area contributed by atoms with Gasteiger partial charge in [0.25, 0.3) is 0 Å². The Labute approximate surface area is 72.7 Å². The summed E-state index contributed by atoms with van der Waals surface area (Å²) < 4.78 is 11.3. The molecule has 2 atom stereocenters. The van der Waals surface area contributed by atoms with Gasteiger partial charge in [-0.1, -0.05) is 0 Å². The molecule has 1 aliphatic carbocycles. The highest BCUT2D eigenvalue weighted by atomic mass is 16.8. The minimum atomic E-state index is -0.407. The normalized spacial score (nSPS) is 40.2. The number of aliphatic hydroxyl groups excluding tert-OH is 1. The number of aliphatic hydroxyl groups is 1. The molecule has 0 aromatic rings. The molecule has 12 heavy (non-hydrogen) atoms. The van der Waals surface area contributed by atoms with Gasteiger partial charge in [0.1, 0.15) is 0 Å². The van der Waals surface area contributed by atoms with Gasteiger partial charge < -0.3 is 14.6 Å². The van der Waals surface area contributed by atoms with E-state index < -0.39 is 5.79 Å². The fourth-order valence-electron chi connectivity index (χ4n) is 2.21. The zero-order chi connectivity index (χ0) is 8.77. The number of rotatable bonds is 1. The Balaban J connectivity index is 1.97. The largest absolute Gasteiger partial charge is 0.396 e. The first-order chi connectivity index (χ1) is 5.61. The van der Waals surface area contributed by atoms with Crippen LogP contribution in [0.5, 0.6) is 0 Å². The van der Waals surface area contributed by atoms with Gasteiger partial charge in [-0.05, 0) is 32.6 Å². The van der Waals surface area contributed by atoms with E-state index in [4.69, 9.17) is 14.6 Å². The highest BCUT2D eigenvalue weighted by molar-refractivity contribution is 4.90. The van der Waals surface area contributed by atoms with E-state index in [1.54, 1.807) is 0 Å². The van der Waals surface area contributed by atoms with Gasteiger partial charge >= 0.3 is 0 Å². The van der Waals surface area contributed by atoms with Crippen LogP contribution in [0.1, 0.15) is 26.7 Å². The van der Waals surface area contributed by atoms with E-state index in [1.807, 2.05) is 13.8 Å². The molecule has 2 fully saturated rings. The first-order valence-corrected chi connectivity index (χ1v) is 4.57. The van der Waals surface area contributed by atoms with Crippen LogP contribution in [0.4, 0.5) is 0 Å². The van der Waals surface area contributed by atoms with Crippen LogP contribution in [0, 0.1) is 5.92 Å². The van der Waals surface area contributed by atoms with Crippen LogP contribution in [-0.4, -0.2) is 29.7 Å². The molecule has 70 valence electrons. The van der Waals surface area contributed by atoms with E-state index >= 15 is 0 Å². The summed E-state index contributed by atoms with van der Waals surface area (Å²) in [6.45, 7) is 4.15. The van der Waals surface area contributed by atoms with Crippen LogP contribution in [-0.2, 0) is 9.47 Å². The zero-order valence-electron chi connectivity index (χ0n) is 7.62. The molecule has 0 radical (unpaired) electrons.